The Kier molecular flexibility index (Phi) is 5.31. The summed E-state index contributed by atoms with van der Waals surface area (Å²) in [6.07, 6.45) is 0.0533. The van der Waals surface area contributed by atoms with Gasteiger partial charge in [0.2, 0.25) is 0 Å². The number of amides is 1. The fourth-order valence-electron chi connectivity index (χ4n) is 1.92. The average molecular weight is 277 g/mol. The molecular formula is C16H23NO3. The molecule has 0 aliphatic rings. The molecule has 0 fully saturated rings. The molecule has 1 aromatic carbocycles. The molecule has 0 saturated carbocycles. The predicted octanol–water partition coefficient (Wildman–Crippen LogP) is 2.86. The number of hydrogen-bond acceptors (Lipinski definition) is 2. The second-order valence-corrected chi connectivity index (χ2v) is 6.24. The maximum absolute atomic E-state index is 12.0. The van der Waals surface area contributed by atoms with E-state index in [4.69, 9.17) is 5.11 Å². The number of hydrogen-bond donors (Lipinski definition) is 2. The molecular weight excluding hydrogens is 254 g/mol. The van der Waals surface area contributed by atoms with Crippen molar-refractivity contribution in [2.45, 2.75) is 34.1 Å². The Hall–Kier alpha value is -1.84. The Bertz CT molecular complexity index is 471. The van der Waals surface area contributed by atoms with E-state index in [2.05, 4.69) is 5.32 Å². The van der Waals surface area contributed by atoms with Crippen molar-refractivity contribution in [3.8, 4) is 0 Å². The monoisotopic (exact) mass is 277 g/mol. The van der Waals surface area contributed by atoms with Crippen LogP contribution in [0.25, 0.3) is 0 Å². The van der Waals surface area contributed by atoms with Crippen LogP contribution in [0.1, 0.15) is 43.1 Å². The van der Waals surface area contributed by atoms with Gasteiger partial charge in [0.1, 0.15) is 0 Å². The Balaban J connectivity index is 2.65. The van der Waals surface area contributed by atoms with Gasteiger partial charge in [-0.15, -0.1) is 0 Å². The molecule has 0 aliphatic heterocycles. The van der Waals surface area contributed by atoms with Crippen LogP contribution in [0.3, 0.4) is 0 Å². The molecule has 1 amide bonds. The molecule has 1 unspecified atom stereocenters. The van der Waals surface area contributed by atoms with Crippen LogP contribution in [-0.4, -0.2) is 23.5 Å². The van der Waals surface area contributed by atoms with Gasteiger partial charge in [0.25, 0.3) is 5.91 Å². The number of aryl methyl sites for hydroxylation is 1. The minimum atomic E-state index is -0.838. The highest BCUT2D eigenvalue weighted by Crippen LogP contribution is 2.28. The molecule has 0 aliphatic carbocycles. The molecule has 4 heteroatoms. The number of carbonyl (C=O) groups excluding carboxylic acids is 1. The quantitative estimate of drug-likeness (QED) is 0.869. The average Bonchev–Trinajstić information content (AvgIpc) is 2.33. The van der Waals surface area contributed by atoms with Crippen molar-refractivity contribution in [2.24, 2.45) is 11.3 Å². The Morgan fingerprint density at radius 1 is 1.20 bits per heavy atom. The Morgan fingerprint density at radius 3 is 2.20 bits per heavy atom. The summed E-state index contributed by atoms with van der Waals surface area (Å²) in [6, 6.07) is 7.31. The third kappa shape index (κ3) is 5.03. The van der Waals surface area contributed by atoms with Crippen molar-refractivity contribution in [1.82, 2.24) is 5.32 Å². The molecule has 0 heterocycles. The Labute approximate surface area is 120 Å². The van der Waals surface area contributed by atoms with Gasteiger partial charge >= 0.3 is 5.97 Å². The number of benzene rings is 1. The molecule has 0 saturated heterocycles. The highest BCUT2D eigenvalue weighted by molar-refractivity contribution is 5.94. The van der Waals surface area contributed by atoms with Gasteiger partial charge in [-0.3, -0.25) is 9.59 Å². The van der Waals surface area contributed by atoms with Gasteiger partial charge < -0.3 is 10.4 Å². The smallest absolute Gasteiger partial charge is 0.303 e. The number of nitrogens with one attached hydrogen (secondary N) is 1. The molecule has 2 N–H and O–H groups in total. The zero-order valence-electron chi connectivity index (χ0n) is 12.6. The van der Waals surface area contributed by atoms with E-state index >= 15 is 0 Å². The van der Waals surface area contributed by atoms with E-state index in [1.54, 1.807) is 12.1 Å². The normalized spacial score (nSPS) is 12.8. The van der Waals surface area contributed by atoms with Crippen molar-refractivity contribution in [1.29, 1.82) is 0 Å². The van der Waals surface area contributed by atoms with Crippen molar-refractivity contribution < 1.29 is 14.7 Å². The van der Waals surface area contributed by atoms with Gasteiger partial charge in [0.15, 0.2) is 0 Å². The second-order valence-electron chi connectivity index (χ2n) is 6.24. The van der Waals surface area contributed by atoms with Crippen LogP contribution in [-0.2, 0) is 4.79 Å². The first-order chi connectivity index (χ1) is 9.20. The minimum Gasteiger partial charge on any atom is -0.481 e. The maximum Gasteiger partial charge on any atom is 0.303 e. The summed E-state index contributed by atoms with van der Waals surface area (Å²) < 4.78 is 0. The Morgan fingerprint density at radius 2 is 1.75 bits per heavy atom. The van der Waals surface area contributed by atoms with Crippen molar-refractivity contribution in [3.63, 3.8) is 0 Å². The number of rotatable bonds is 5. The summed E-state index contributed by atoms with van der Waals surface area (Å²) in [5, 5.41) is 11.8. The number of aliphatic carboxylic acids is 1. The second kappa shape index (κ2) is 6.55. The summed E-state index contributed by atoms with van der Waals surface area (Å²) in [6.45, 7) is 8.28. The summed E-state index contributed by atoms with van der Waals surface area (Å²) in [5.41, 5.74) is 1.53. The van der Waals surface area contributed by atoms with Crippen LogP contribution >= 0.6 is 0 Å². The van der Waals surface area contributed by atoms with Crippen molar-refractivity contribution in [3.05, 3.63) is 35.4 Å². The van der Waals surface area contributed by atoms with Crippen molar-refractivity contribution in [2.75, 3.05) is 6.54 Å². The van der Waals surface area contributed by atoms with Gasteiger partial charge in [0.05, 0.1) is 6.42 Å². The van der Waals surface area contributed by atoms with Gasteiger partial charge in [-0.2, -0.15) is 0 Å². The van der Waals surface area contributed by atoms with E-state index in [9.17, 15) is 9.59 Å². The first kappa shape index (κ1) is 16.2. The number of carbonyl (C=O) groups is 2. The molecule has 0 bridgehead atoms. The zero-order chi connectivity index (χ0) is 15.3. The highest BCUT2D eigenvalue weighted by atomic mass is 16.4. The fourth-order valence-corrected chi connectivity index (χ4v) is 1.92. The SMILES string of the molecule is Cc1ccc(C(=O)NCC(CC(=O)O)C(C)(C)C)cc1. The van der Waals surface area contributed by atoms with Crippen LogP contribution in [0, 0.1) is 18.3 Å². The summed E-state index contributed by atoms with van der Waals surface area (Å²) in [5.74, 6) is -1.10. The van der Waals surface area contributed by atoms with E-state index in [0.717, 1.165) is 5.56 Å². The van der Waals surface area contributed by atoms with Crippen LogP contribution in [0.15, 0.2) is 24.3 Å². The molecule has 1 aromatic rings. The molecule has 1 atom stereocenters. The van der Waals surface area contributed by atoms with Gasteiger partial charge in [-0.1, -0.05) is 38.5 Å². The van der Waals surface area contributed by atoms with Gasteiger partial charge in [-0.25, -0.2) is 0 Å². The summed E-state index contributed by atoms with van der Waals surface area (Å²) in [7, 11) is 0. The molecule has 20 heavy (non-hydrogen) atoms. The van der Waals surface area contributed by atoms with Crippen molar-refractivity contribution >= 4 is 11.9 Å². The van der Waals surface area contributed by atoms with Crippen LogP contribution < -0.4 is 5.32 Å². The zero-order valence-corrected chi connectivity index (χ0v) is 12.6. The minimum absolute atomic E-state index is 0.0533. The largest absolute Gasteiger partial charge is 0.481 e. The molecule has 1 rings (SSSR count). The lowest BCUT2D eigenvalue weighted by molar-refractivity contribution is -0.139. The first-order valence-corrected chi connectivity index (χ1v) is 6.77. The molecule has 0 aromatic heterocycles. The van der Waals surface area contributed by atoms with E-state index in [0.29, 0.717) is 12.1 Å². The number of carboxylic acid groups (broad SMARTS) is 1. The van der Waals surface area contributed by atoms with Gasteiger partial charge in [0, 0.05) is 12.1 Å². The van der Waals surface area contributed by atoms with E-state index in [1.165, 1.54) is 0 Å². The standard InChI is InChI=1S/C16H23NO3/c1-11-5-7-12(8-6-11)15(20)17-10-13(9-14(18)19)16(2,3)4/h5-8,13H,9-10H2,1-4H3,(H,17,20)(H,18,19). The molecule has 0 radical (unpaired) electrons. The third-order valence-electron chi connectivity index (χ3n) is 3.47. The van der Waals surface area contributed by atoms with Crippen LogP contribution in [0.2, 0.25) is 0 Å². The predicted molar refractivity (Wildman–Crippen MR) is 78.7 cm³/mol. The number of carboxylic acids is 1. The lowest BCUT2D eigenvalue weighted by Crippen LogP contribution is -2.36. The summed E-state index contributed by atoms with van der Waals surface area (Å²) >= 11 is 0. The molecule has 4 nitrogen and oxygen atoms in total. The molecule has 0 spiro atoms. The lowest BCUT2D eigenvalue weighted by Gasteiger charge is -2.29. The van der Waals surface area contributed by atoms with E-state index in [-0.39, 0.29) is 23.7 Å². The summed E-state index contributed by atoms with van der Waals surface area (Å²) in [4.78, 5) is 22.9. The van der Waals surface area contributed by atoms with Gasteiger partial charge in [-0.05, 0) is 30.4 Å². The maximum atomic E-state index is 12.0. The molecule has 110 valence electrons. The lowest BCUT2D eigenvalue weighted by atomic mass is 9.78. The van der Waals surface area contributed by atoms with Crippen LogP contribution in [0.4, 0.5) is 0 Å². The third-order valence-corrected chi connectivity index (χ3v) is 3.47. The topological polar surface area (TPSA) is 66.4 Å². The van der Waals surface area contributed by atoms with E-state index < -0.39 is 5.97 Å². The highest BCUT2D eigenvalue weighted by Gasteiger charge is 2.27. The first-order valence-electron chi connectivity index (χ1n) is 6.77. The van der Waals surface area contributed by atoms with E-state index in [1.807, 2.05) is 39.8 Å². The van der Waals surface area contributed by atoms with Crippen LogP contribution in [0.5, 0.6) is 0 Å². The fraction of sp³-hybridized carbons (Fsp3) is 0.500.